The molecule has 1 N–H and O–H groups in total. The fourth-order valence-electron chi connectivity index (χ4n) is 2.08. The summed E-state index contributed by atoms with van der Waals surface area (Å²) in [7, 11) is 0. The van der Waals surface area contributed by atoms with Crippen molar-refractivity contribution in [2.24, 2.45) is 4.99 Å². The third-order valence-corrected chi connectivity index (χ3v) is 3.79. The first-order chi connectivity index (χ1) is 11.5. The van der Waals surface area contributed by atoms with E-state index in [1.54, 1.807) is 30.3 Å². The minimum atomic E-state index is -0.658. The Morgan fingerprint density at radius 2 is 1.83 bits per heavy atom. The van der Waals surface area contributed by atoms with Crippen LogP contribution in [0.3, 0.4) is 0 Å². The third-order valence-electron chi connectivity index (χ3n) is 3.21. The van der Waals surface area contributed by atoms with Crippen LogP contribution in [0.1, 0.15) is 10.6 Å². The molecule has 118 valence electrons. The van der Waals surface area contributed by atoms with Gasteiger partial charge in [-0.05, 0) is 24.3 Å². The van der Waals surface area contributed by atoms with E-state index < -0.39 is 5.78 Å². The number of phenols is 1. The Hall–Kier alpha value is -2.81. The number of hydrogen-bond acceptors (Lipinski definition) is 5. The molecule has 3 rings (SSSR count). The second-order valence-corrected chi connectivity index (χ2v) is 5.62. The zero-order valence-corrected chi connectivity index (χ0v) is 13.5. The average Bonchev–Trinajstić information content (AvgIpc) is 3.01. The Balaban J connectivity index is 2.02. The molecule has 5 nitrogen and oxygen atoms in total. The van der Waals surface area contributed by atoms with Crippen molar-refractivity contribution >= 4 is 51.4 Å². The Bertz CT molecular complexity index is 976. The van der Waals surface area contributed by atoms with Crippen LogP contribution in [-0.4, -0.2) is 16.6 Å². The number of carbonyl (C=O) groups excluding carboxylic acids is 1. The maximum atomic E-state index is 12.4. The van der Waals surface area contributed by atoms with Crippen molar-refractivity contribution in [3.05, 3.63) is 58.3 Å². The summed E-state index contributed by atoms with van der Waals surface area (Å²) in [5, 5.41) is 19.4. The average molecular weight is 359 g/mol. The molecule has 0 unspecified atom stereocenters. The van der Waals surface area contributed by atoms with Crippen molar-refractivity contribution in [3.63, 3.8) is 0 Å². The van der Waals surface area contributed by atoms with E-state index in [2.05, 4.69) is 4.99 Å². The first kappa shape index (κ1) is 16.1. The molecule has 0 spiro atoms. The van der Waals surface area contributed by atoms with Crippen molar-refractivity contribution in [2.75, 3.05) is 0 Å². The van der Waals surface area contributed by atoms with Gasteiger partial charge in [-0.15, -0.1) is 0 Å². The molecule has 0 saturated heterocycles. The largest absolute Gasteiger partial charge is 0.505 e. The number of aliphatic imine (C=N–C) groups is 1. The molecule has 0 saturated carbocycles. The first-order valence-electron chi connectivity index (χ1n) is 6.69. The van der Waals surface area contributed by atoms with Crippen LogP contribution in [0, 0.1) is 11.3 Å². The van der Waals surface area contributed by atoms with Gasteiger partial charge in [0.2, 0.25) is 0 Å². The zero-order chi connectivity index (χ0) is 17.3. The van der Waals surface area contributed by atoms with Crippen LogP contribution >= 0.6 is 23.2 Å². The fourth-order valence-corrected chi connectivity index (χ4v) is 2.56. The number of carbonyl (C=O) groups is 1. The number of nitrogens with zero attached hydrogens (tertiary/aromatic N) is 2. The van der Waals surface area contributed by atoms with Crippen LogP contribution in [0.15, 0.2) is 51.9 Å². The van der Waals surface area contributed by atoms with E-state index in [4.69, 9.17) is 27.6 Å². The third kappa shape index (κ3) is 2.98. The summed E-state index contributed by atoms with van der Waals surface area (Å²) < 4.78 is 5.44. The lowest BCUT2D eigenvalue weighted by Crippen LogP contribution is -2.11. The molecule has 7 heteroatoms. The van der Waals surface area contributed by atoms with Crippen LogP contribution < -0.4 is 0 Å². The maximum absolute atomic E-state index is 12.4. The molecule has 1 heterocycles. The Morgan fingerprint density at radius 3 is 2.46 bits per heavy atom. The molecule has 0 atom stereocenters. The second kappa shape index (κ2) is 6.36. The SMILES string of the molecule is N#C/C(=N\c1cc(Cl)c(O)c(Cl)c1)C(=O)c1cc2ccccc2o1. The topological polar surface area (TPSA) is 86.6 Å². The molecule has 0 amide bonds. The lowest BCUT2D eigenvalue weighted by molar-refractivity contribution is 0.104. The number of hydrogen-bond donors (Lipinski definition) is 1. The van der Waals surface area contributed by atoms with Crippen molar-refractivity contribution in [1.82, 2.24) is 0 Å². The summed E-state index contributed by atoms with van der Waals surface area (Å²) in [6.07, 6.45) is 0. The standard InChI is InChI=1S/C17H8Cl2N2O3/c18-11-6-10(7-12(19)16(11)22)21-13(8-20)17(23)15-5-9-3-1-2-4-14(9)24-15/h1-7,22H/b21-13+. The molecule has 0 radical (unpaired) electrons. The zero-order valence-electron chi connectivity index (χ0n) is 12.0. The number of para-hydroxylation sites is 1. The molecular formula is C17H8Cl2N2O3. The Labute approximate surface area is 146 Å². The number of Topliss-reactive ketones (excluding diaryl/α,β-unsaturated/α-hetero) is 1. The second-order valence-electron chi connectivity index (χ2n) is 4.81. The summed E-state index contributed by atoms with van der Waals surface area (Å²) in [4.78, 5) is 16.4. The van der Waals surface area contributed by atoms with E-state index in [1.165, 1.54) is 12.1 Å². The number of fused-ring (bicyclic) bond motifs is 1. The van der Waals surface area contributed by atoms with Gasteiger partial charge in [0.05, 0.1) is 15.7 Å². The molecule has 0 bridgehead atoms. The van der Waals surface area contributed by atoms with E-state index in [-0.39, 0.29) is 33.0 Å². The predicted molar refractivity (Wildman–Crippen MR) is 91.4 cm³/mol. The minimum absolute atomic E-state index is 0.00692. The van der Waals surface area contributed by atoms with Crippen LogP contribution in [0.2, 0.25) is 10.0 Å². The van der Waals surface area contributed by atoms with Gasteiger partial charge in [0.15, 0.2) is 17.2 Å². The molecular weight excluding hydrogens is 351 g/mol. The summed E-state index contributed by atoms with van der Waals surface area (Å²) in [5.41, 5.74) is 0.324. The highest BCUT2D eigenvalue weighted by molar-refractivity contribution is 6.51. The number of benzene rings is 2. The van der Waals surface area contributed by atoms with Gasteiger partial charge in [0.1, 0.15) is 11.7 Å². The van der Waals surface area contributed by atoms with Gasteiger partial charge in [-0.1, -0.05) is 41.4 Å². The van der Waals surface area contributed by atoms with E-state index in [0.717, 1.165) is 5.39 Å². The van der Waals surface area contributed by atoms with Crippen molar-refractivity contribution in [2.45, 2.75) is 0 Å². The predicted octanol–water partition coefficient (Wildman–Crippen LogP) is 4.92. The van der Waals surface area contributed by atoms with Gasteiger partial charge >= 0.3 is 0 Å². The fraction of sp³-hybridized carbons (Fsp3) is 0. The maximum Gasteiger partial charge on any atom is 0.257 e. The number of nitriles is 1. The van der Waals surface area contributed by atoms with Crippen LogP contribution in [0.4, 0.5) is 5.69 Å². The van der Waals surface area contributed by atoms with Gasteiger partial charge in [0, 0.05) is 5.39 Å². The number of phenolic OH excluding ortho intramolecular Hbond substituents is 1. The minimum Gasteiger partial charge on any atom is -0.505 e. The van der Waals surface area contributed by atoms with Gasteiger partial charge in [0.25, 0.3) is 5.78 Å². The summed E-state index contributed by atoms with van der Waals surface area (Å²) in [6, 6.07) is 13.0. The molecule has 1 aromatic heterocycles. The lowest BCUT2D eigenvalue weighted by atomic mass is 10.2. The van der Waals surface area contributed by atoms with Crippen LogP contribution in [-0.2, 0) is 0 Å². The number of aromatic hydroxyl groups is 1. The molecule has 0 aliphatic heterocycles. The van der Waals surface area contributed by atoms with E-state index in [0.29, 0.717) is 5.58 Å². The number of furan rings is 1. The van der Waals surface area contributed by atoms with Crippen molar-refractivity contribution in [3.8, 4) is 11.8 Å². The quantitative estimate of drug-likeness (QED) is 0.531. The molecule has 24 heavy (non-hydrogen) atoms. The molecule has 0 aliphatic rings. The van der Waals surface area contributed by atoms with E-state index in [9.17, 15) is 15.2 Å². The number of ketones is 1. The number of rotatable bonds is 3. The van der Waals surface area contributed by atoms with E-state index in [1.807, 2.05) is 6.07 Å². The highest BCUT2D eigenvalue weighted by Crippen LogP contribution is 2.35. The normalized spacial score (nSPS) is 11.5. The summed E-state index contributed by atoms with van der Waals surface area (Å²) in [6.45, 7) is 0. The van der Waals surface area contributed by atoms with Gasteiger partial charge in [-0.3, -0.25) is 4.79 Å². The summed E-state index contributed by atoms with van der Waals surface area (Å²) >= 11 is 11.6. The monoisotopic (exact) mass is 358 g/mol. The molecule has 0 aliphatic carbocycles. The van der Waals surface area contributed by atoms with Crippen molar-refractivity contribution < 1.29 is 14.3 Å². The molecule has 0 fully saturated rings. The number of halogens is 2. The lowest BCUT2D eigenvalue weighted by Gasteiger charge is -2.02. The highest BCUT2D eigenvalue weighted by Gasteiger charge is 2.19. The smallest absolute Gasteiger partial charge is 0.257 e. The van der Waals surface area contributed by atoms with Gasteiger partial charge in [-0.2, -0.15) is 5.26 Å². The molecule has 2 aromatic carbocycles. The Kier molecular flexibility index (Phi) is 4.26. The van der Waals surface area contributed by atoms with Crippen molar-refractivity contribution in [1.29, 1.82) is 5.26 Å². The summed E-state index contributed by atoms with van der Waals surface area (Å²) in [5.74, 6) is -0.944. The van der Waals surface area contributed by atoms with Crippen LogP contribution in [0.25, 0.3) is 11.0 Å². The van der Waals surface area contributed by atoms with Crippen LogP contribution in [0.5, 0.6) is 5.75 Å². The Morgan fingerprint density at radius 1 is 1.17 bits per heavy atom. The molecule has 3 aromatic rings. The van der Waals surface area contributed by atoms with Gasteiger partial charge in [-0.25, -0.2) is 4.99 Å². The van der Waals surface area contributed by atoms with E-state index >= 15 is 0 Å². The first-order valence-corrected chi connectivity index (χ1v) is 7.45. The highest BCUT2D eigenvalue weighted by atomic mass is 35.5. The van der Waals surface area contributed by atoms with Gasteiger partial charge < -0.3 is 9.52 Å².